The zero-order valence-electron chi connectivity index (χ0n) is 11.7. The number of hydrogen-bond acceptors (Lipinski definition) is 3. The molecule has 0 bridgehead atoms. The molecule has 3 rings (SSSR count). The molecule has 0 heterocycles. The lowest BCUT2D eigenvalue weighted by molar-refractivity contribution is 0.469. The van der Waals surface area contributed by atoms with Crippen LogP contribution in [0.5, 0.6) is 17.2 Å². The van der Waals surface area contributed by atoms with Gasteiger partial charge in [0, 0.05) is 10.8 Å². The van der Waals surface area contributed by atoms with Crippen LogP contribution in [0.1, 0.15) is 5.56 Å². The standard InChI is InChI=1S/C18H15NO2/c1-12-11-17(15-5-3-4-6-16(15)18(12)20)21-14-9-7-13(19-2)8-10-14/h3-11,20H,2H2,1H3. The molecule has 0 aromatic heterocycles. The summed E-state index contributed by atoms with van der Waals surface area (Å²) in [5, 5.41) is 11.8. The Morgan fingerprint density at radius 3 is 2.33 bits per heavy atom. The molecule has 0 atom stereocenters. The monoisotopic (exact) mass is 277 g/mol. The first-order chi connectivity index (χ1) is 10.2. The summed E-state index contributed by atoms with van der Waals surface area (Å²) in [6, 6.07) is 16.9. The van der Waals surface area contributed by atoms with Crippen molar-refractivity contribution in [1.82, 2.24) is 0 Å². The molecule has 0 aliphatic carbocycles. The Kier molecular flexibility index (Phi) is 3.32. The van der Waals surface area contributed by atoms with Gasteiger partial charge in [-0.05, 0) is 49.5 Å². The molecule has 3 heteroatoms. The van der Waals surface area contributed by atoms with Crippen LogP contribution < -0.4 is 4.74 Å². The van der Waals surface area contributed by atoms with Gasteiger partial charge in [0.1, 0.15) is 17.2 Å². The van der Waals surface area contributed by atoms with E-state index in [4.69, 9.17) is 4.74 Å². The third-order valence-electron chi connectivity index (χ3n) is 3.42. The first kappa shape index (κ1) is 13.2. The number of aliphatic imine (C=N–C) groups is 1. The van der Waals surface area contributed by atoms with Gasteiger partial charge >= 0.3 is 0 Å². The fraction of sp³-hybridized carbons (Fsp3) is 0.0556. The molecule has 104 valence electrons. The van der Waals surface area contributed by atoms with E-state index in [0.29, 0.717) is 5.75 Å². The third kappa shape index (κ3) is 2.46. The average molecular weight is 277 g/mol. The Hall–Kier alpha value is -2.81. The van der Waals surface area contributed by atoms with E-state index in [2.05, 4.69) is 11.7 Å². The minimum absolute atomic E-state index is 0.296. The summed E-state index contributed by atoms with van der Waals surface area (Å²) in [5.74, 6) is 1.74. The molecule has 0 unspecified atom stereocenters. The van der Waals surface area contributed by atoms with Gasteiger partial charge in [0.2, 0.25) is 0 Å². The van der Waals surface area contributed by atoms with Crippen molar-refractivity contribution >= 4 is 23.2 Å². The number of aromatic hydroxyl groups is 1. The number of nitrogens with zero attached hydrogens (tertiary/aromatic N) is 1. The molecule has 1 N–H and O–H groups in total. The molecule has 0 saturated heterocycles. The van der Waals surface area contributed by atoms with Gasteiger partial charge in [-0.3, -0.25) is 4.99 Å². The second kappa shape index (κ2) is 5.29. The highest BCUT2D eigenvalue weighted by atomic mass is 16.5. The largest absolute Gasteiger partial charge is 0.507 e. The Morgan fingerprint density at radius 1 is 1.00 bits per heavy atom. The number of hydrogen-bond donors (Lipinski definition) is 1. The van der Waals surface area contributed by atoms with Crippen LogP contribution >= 0.6 is 0 Å². The van der Waals surface area contributed by atoms with E-state index in [-0.39, 0.29) is 0 Å². The Bertz CT molecular complexity index is 807. The molecular formula is C18H15NO2. The summed E-state index contributed by atoms with van der Waals surface area (Å²) in [4.78, 5) is 3.86. The number of benzene rings is 3. The van der Waals surface area contributed by atoms with Gasteiger partial charge in [-0.25, -0.2) is 0 Å². The smallest absolute Gasteiger partial charge is 0.135 e. The van der Waals surface area contributed by atoms with Crippen LogP contribution in [0.2, 0.25) is 0 Å². The molecule has 0 fully saturated rings. The van der Waals surface area contributed by atoms with Gasteiger partial charge < -0.3 is 9.84 Å². The molecule has 0 aliphatic heterocycles. The van der Waals surface area contributed by atoms with Crippen LogP contribution in [-0.2, 0) is 0 Å². The van der Waals surface area contributed by atoms with E-state index >= 15 is 0 Å². The predicted octanol–water partition coefficient (Wildman–Crippen LogP) is 4.98. The topological polar surface area (TPSA) is 41.8 Å². The van der Waals surface area contributed by atoms with E-state index in [1.54, 1.807) is 0 Å². The predicted molar refractivity (Wildman–Crippen MR) is 86.1 cm³/mol. The SMILES string of the molecule is C=Nc1ccc(Oc2cc(C)c(O)c3ccccc23)cc1. The first-order valence-corrected chi connectivity index (χ1v) is 6.65. The second-order valence-corrected chi connectivity index (χ2v) is 4.84. The van der Waals surface area contributed by atoms with Crippen LogP contribution in [0.3, 0.4) is 0 Å². The third-order valence-corrected chi connectivity index (χ3v) is 3.42. The number of ether oxygens (including phenoxy) is 1. The number of aryl methyl sites for hydroxylation is 1. The second-order valence-electron chi connectivity index (χ2n) is 4.84. The summed E-state index contributed by atoms with van der Waals surface area (Å²) >= 11 is 0. The van der Waals surface area contributed by atoms with E-state index in [1.165, 1.54) is 0 Å². The fourth-order valence-electron chi connectivity index (χ4n) is 2.29. The summed E-state index contributed by atoms with van der Waals surface area (Å²) < 4.78 is 5.95. The van der Waals surface area contributed by atoms with Crippen LogP contribution in [0.25, 0.3) is 10.8 Å². The lowest BCUT2D eigenvalue weighted by Crippen LogP contribution is -1.88. The number of fused-ring (bicyclic) bond motifs is 1. The Balaban J connectivity index is 2.07. The minimum Gasteiger partial charge on any atom is -0.507 e. The Morgan fingerprint density at radius 2 is 1.67 bits per heavy atom. The summed E-state index contributed by atoms with van der Waals surface area (Å²) in [6.07, 6.45) is 0. The van der Waals surface area contributed by atoms with Crippen molar-refractivity contribution in [2.75, 3.05) is 0 Å². The fourth-order valence-corrected chi connectivity index (χ4v) is 2.29. The molecule has 3 aromatic rings. The highest BCUT2D eigenvalue weighted by Crippen LogP contribution is 2.37. The number of rotatable bonds is 3. The minimum atomic E-state index is 0.296. The van der Waals surface area contributed by atoms with Crippen molar-refractivity contribution < 1.29 is 9.84 Å². The summed E-state index contributed by atoms with van der Waals surface area (Å²) in [5.41, 5.74) is 1.59. The van der Waals surface area contributed by atoms with Crippen molar-refractivity contribution in [3.05, 3.63) is 60.2 Å². The van der Waals surface area contributed by atoms with Crippen molar-refractivity contribution in [2.45, 2.75) is 6.92 Å². The highest BCUT2D eigenvalue weighted by molar-refractivity contribution is 5.94. The molecule has 0 radical (unpaired) electrons. The highest BCUT2D eigenvalue weighted by Gasteiger charge is 2.10. The van der Waals surface area contributed by atoms with Gasteiger partial charge in [-0.15, -0.1) is 0 Å². The maximum Gasteiger partial charge on any atom is 0.135 e. The Labute approximate surface area is 123 Å². The molecule has 0 amide bonds. The quantitative estimate of drug-likeness (QED) is 0.686. The van der Waals surface area contributed by atoms with Gasteiger partial charge in [-0.1, -0.05) is 24.3 Å². The zero-order chi connectivity index (χ0) is 14.8. The summed E-state index contributed by atoms with van der Waals surface area (Å²) in [6.45, 7) is 5.35. The van der Waals surface area contributed by atoms with Crippen LogP contribution in [0.4, 0.5) is 5.69 Å². The molecule has 0 aliphatic rings. The van der Waals surface area contributed by atoms with Crippen molar-refractivity contribution in [3.63, 3.8) is 0 Å². The van der Waals surface area contributed by atoms with Crippen molar-refractivity contribution in [3.8, 4) is 17.2 Å². The lowest BCUT2D eigenvalue weighted by atomic mass is 10.0. The van der Waals surface area contributed by atoms with Crippen LogP contribution in [0, 0.1) is 6.92 Å². The van der Waals surface area contributed by atoms with Gasteiger partial charge in [0.05, 0.1) is 5.69 Å². The van der Waals surface area contributed by atoms with E-state index in [0.717, 1.165) is 33.5 Å². The van der Waals surface area contributed by atoms with Crippen molar-refractivity contribution in [1.29, 1.82) is 0 Å². The molecule has 0 spiro atoms. The normalized spacial score (nSPS) is 10.5. The molecular weight excluding hydrogens is 262 g/mol. The maximum atomic E-state index is 10.1. The van der Waals surface area contributed by atoms with E-state index in [1.807, 2.05) is 61.5 Å². The first-order valence-electron chi connectivity index (χ1n) is 6.65. The zero-order valence-corrected chi connectivity index (χ0v) is 11.7. The van der Waals surface area contributed by atoms with Crippen molar-refractivity contribution in [2.24, 2.45) is 4.99 Å². The van der Waals surface area contributed by atoms with Gasteiger partial charge in [0.15, 0.2) is 0 Å². The summed E-state index contributed by atoms with van der Waals surface area (Å²) in [7, 11) is 0. The van der Waals surface area contributed by atoms with Gasteiger partial charge in [-0.2, -0.15) is 0 Å². The number of phenols is 1. The molecule has 0 saturated carbocycles. The number of phenolic OH excluding ortho intramolecular Hbond substituents is 1. The molecule has 21 heavy (non-hydrogen) atoms. The average Bonchev–Trinajstić information content (AvgIpc) is 2.53. The van der Waals surface area contributed by atoms with E-state index in [9.17, 15) is 5.11 Å². The maximum absolute atomic E-state index is 10.1. The van der Waals surface area contributed by atoms with Gasteiger partial charge in [0.25, 0.3) is 0 Å². The lowest BCUT2D eigenvalue weighted by Gasteiger charge is -2.12. The molecule has 3 nitrogen and oxygen atoms in total. The molecule has 3 aromatic carbocycles. The van der Waals surface area contributed by atoms with E-state index < -0.39 is 0 Å². The van der Waals surface area contributed by atoms with Crippen LogP contribution in [-0.4, -0.2) is 11.8 Å². The van der Waals surface area contributed by atoms with Crippen LogP contribution in [0.15, 0.2) is 59.6 Å².